The number of alkyl halides is 1. The topological polar surface area (TPSA) is 115 Å². The van der Waals surface area contributed by atoms with E-state index < -0.39 is 21.8 Å². The molecule has 0 saturated heterocycles. The van der Waals surface area contributed by atoms with Gasteiger partial charge in [0.05, 0.1) is 11.3 Å². The zero-order valence-corrected chi connectivity index (χ0v) is 15.1. The van der Waals surface area contributed by atoms with Crippen LogP contribution >= 0.6 is 11.6 Å². The molecule has 134 valence electrons. The number of sulfonamides is 1. The van der Waals surface area contributed by atoms with Crippen molar-refractivity contribution in [2.75, 3.05) is 0 Å². The number of aryl methyl sites for hydroxylation is 1. The van der Waals surface area contributed by atoms with Crippen LogP contribution in [0.25, 0.3) is 0 Å². The molecule has 1 unspecified atom stereocenters. The van der Waals surface area contributed by atoms with Crippen molar-refractivity contribution in [3.05, 3.63) is 29.3 Å². The maximum Gasteiger partial charge on any atom is 0.303 e. The summed E-state index contributed by atoms with van der Waals surface area (Å²) in [6.07, 6.45) is 1.99. The van der Waals surface area contributed by atoms with Crippen molar-refractivity contribution in [3.8, 4) is 0 Å². The number of rotatable bonds is 10. The highest BCUT2D eigenvalue weighted by atomic mass is 35.5. The minimum atomic E-state index is -4.11. The van der Waals surface area contributed by atoms with E-state index in [9.17, 15) is 18.0 Å². The van der Waals surface area contributed by atoms with E-state index in [0.29, 0.717) is 18.4 Å². The molecule has 1 aromatic carbocycles. The minimum Gasteiger partial charge on any atom is -0.481 e. The van der Waals surface area contributed by atoms with Gasteiger partial charge in [-0.2, -0.15) is 0 Å². The maximum absolute atomic E-state index is 12.2. The van der Waals surface area contributed by atoms with E-state index in [1.54, 1.807) is 12.1 Å². The monoisotopic (exact) mass is 375 g/mol. The number of carboxylic acids is 1. The van der Waals surface area contributed by atoms with E-state index in [1.807, 2.05) is 6.92 Å². The summed E-state index contributed by atoms with van der Waals surface area (Å²) in [5.41, 5.74) is 0.410. The number of halogens is 1. The summed E-state index contributed by atoms with van der Waals surface area (Å²) in [5, 5.41) is 14.0. The number of nitrogens with two attached hydrogens (primary N) is 1. The number of carbonyl (C=O) groups is 2. The number of hydrogen-bond donors (Lipinski definition) is 2. The van der Waals surface area contributed by atoms with Gasteiger partial charge in [0.2, 0.25) is 10.0 Å². The number of primary sulfonamides is 1. The number of benzene rings is 1. The molecule has 1 atom stereocenters. The Labute approximate surface area is 147 Å². The third-order valence-corrected chi connectivity index (χ3v) is 5.23. The first kappa shape index (κ1) is 20.6. The lowest BCUT2D eigenvalue weighted by molar-refractivity contribution is -0.136. The third kappa shape index (κ3) is 6.22. The third-order valence-electron chi connectivity index (χ3n) is 3.65. The van der Waals surface area contributed by atoms with Crippen molar-refractivity contribution in [2.45, 2.75) is 55.7 Å². The van der Waals surface area contributed by atoms with Gasteiger partial charge < -0.3 is 5.11 Å². The van der Waals surface area contributed by atoms with E-state index in [1.165, 1.54) is 6.07 Å². The Hall–Kier alpha value is -1.44. The molecule has 0 saturated carbocycles. The standard InChI is InChI=1S/C16H22ClNO5S/c1-2-12(17)7-3-5-11-6-4-8-13(16(11)24(18,22)23)14(19)9-10-15(20)21/h4,6,8,12H,2-3,5,7,9-10H2,1H3,(H,20,21)(H2,18,22,23). The molecule has 24 heavy (non-hydrogen) atoms. The van der Waals surface area contributed by atoms with Crippen LogP contribution in [-0.4, -0.2) is 30.7 Å². The van der Waals surface area contributed by atoms with Crippen molar-refractivity contribution in [2.24, 2.45) is 5.14 Å². The van der Waals surface area contributed by atoms with Crippen molar-refractivity contribution >= 4 is 33.4 Å². The average Bonchev–Trinajstić information content (AvgIpc) is 2.51. The summed E-state index contributed by atoms with van der Waals surface area (Å²) in [7, 11) is -4.11. The second-order valence-corrected chi connectivity index (χ2v) is 7.67. The number of Topliss-reactive ketones (excluding diaryl/α,β-unsaturated/α-hetero) is 1. The van der Waals surface area contributed by atoms with Crippen molar-refractivity contribution in [1.29, 1.82) is 0 Å². The summed E-state index contributed by atoms with van der Waals surface area (Å²) < 4.78 is 23.9. The molecule has 0 aliphatic rings. The van der Waals surface area contributed by atoms with E-state index >= 15 is 0 Å². The first-order chi connectivity index (χ1) is 11.2. The molecule has 0 aromatic heterocycles. The van der Waals surface area contributed by atoms with Gasteiger partial charge in [-0.15, -0.1) is 11.6 Å². The normalized spacial score (nSPS) is 12.8. The number of aliphatic carboxylic acids is 1. The number of carboxylic acid groups (broad SMARTS) is 1. The highest BCUT2D eigenvalue weighted by molar-refractivity contribution is 7.89. The van der Waals surface area contributed by atoms with E-state index in [4.69, 9.17) is 21.8 Å². The highest BCUT2D eigenvalue weighted by Gasteiger charge is 2.23. The van der Waals surface area contributed by atoms with Crippen LogP contribution in [0.1, 0.15) is 54.9 Å². The zero-order chi connectivity index (χ0) is 18.3. The maximum atomic E-state index is 12.2. The molecular formula is C16H22ClNO5S. The minimum absolute atomic E-state index is 0.0170. The largest absolute Gasteiger partial charge is 0.481 e. The first-order valence-corrected chi connectivity index (χ1v) is 9.68. The fraction of sp³-hybridized carbons (Fsp3) is 0.500. The average molecular weight is 376 g/mol. The molecule has 1 aromatic rings. The van der Waals surface area contributed by atoms with Gasteiger partial charge in [0.15, 0.2) is 5.78 Å². The number of carbonyl (C=O) groups excluding carboxylic acids is 1. The van der Waals surface area contributed by atoms with Crippen LogP contribution in [0.15, 0.2) is 23.1 Å². The molecular weight excluding hydrogens is 354 g/mol. The Morgan fingerprint density at radius 2 is 1.96 bits per heavy atom. The summed E-state index contributed by atoms with van der Waals surface area (Å²) in [6, 6.07) is 4.56. The van der Waals surface area contributed by atoms with E-state index in [2.05, 4.69) is 0 Å². The van der Waals surface area contributed by atoms with Crippen molar-refractivity contribution in [1.82, 2.24) is 0 Å². The fourth-order valence-corrected chi connectivity index (χ4v) is 3.59. The van der Waals surface area contributed by atoms with Gasteiger partial charge >= 0.3 is 5.97 Å². The molecule has 0 radical (unpaired) electrons. The summed E-state index contributed by atoms with van der Waals surface area (Å²) in [4.78, 5) is 22.6. The summed E-state index contributed by atoms with van der Waals surface area (Å²) >= 11 is 6.06. The van der Waals surface area contributed by atoms with Gasteiger partial charge in [0.1, 0.15) is 0 Å². The molecule has 0 amide bonds. The lowest BCUT2D eigenvalue weighted by Gasteiger charge is -2.13. The second kappa shape index (κ2) is 9.15. The van der Waals surface area contributed by atoms with Gasteiger partial charge in [0.25, 0.3) is 0 Å². The van der Waals surface area contributed by atoms with E-state index in [0.717, 1.165) is 12.8 Å². The number of hydrogen-bond acceptors (Lipinski definition) is 4. The van der Waals surface area contributed by atoms with Crippen LogP contribution < -0.4 is 5.14 Å². The molecule has 0 heterocycles. The van der Waals surface area contributed by atoms with Crippen LogP contribution in [0.2, 0.25) is 0 Å². The first-order valence-electron chi connectivity index (χ1n) is 7.70. The fourth-order valence-electron chi connectivity index (χ4n) is 2.41. The molecule has 6 nitrogen and oxygen atoms in total. The van der Waals surface area contributed by atoms with Gasteiger partial charge in [0, 0.05) is 17.4 Å². The predicted molar refractivity (Wildman–Crippen MR) is 91.9 cm³/mol. The van der Waals surface area contributed by atoms with Crippen molar-refractivity contribution < 1.29 is 23.1 Å². The summed E-state index contributed by atoms with van der Waals surface area (Å²) in [5.74, 6) is -1.67. The van der Waals surface area contributed by atoms with Crippen molar-refractivity contribution in [3.63, 3.8) is 0 Å². The Kier molecular flexibility index (Phi) is 7.86. The molecule has 8 heteroatoms. The van der Waals surface area contributed by atoms with Crippen LogP contribution in [0, 0.1) is 0 Å². The summed E-state index contributed by atoms with van der Waals surface area (Å²) in [6.45, 7) is 1.97. The zero-order valence-electron chi connectivity index (χ0n) is 13.5. The predicted octanol–water partition coefficient (Wildman–Crippen LogP) is 2.72. The molecule has 1 rings (SSSR count). The molecule has 0 bridgehead atoms. The molecule has 0 spiro atoms. The van der Waals surface area contributed by atoms with Crippen LogP contribution in [0.3, 0.4) is 0 Å². The molecule has 0 fully saturated rings. The lowest BCUT2D eigenvalue weighted by atomic mass is 10.00. The smallest absolute Gasteiger partial charge is 0.303 e. The Bertz CT molecular complexity index is 702. The molecule has 0 aliphatic carbocycles. The number of ketones is 1. The van der Waals surface area contributed by atoms with Crippen LogP contribution in [-0.2, 0) is 21.2 Å². The van der Waals surface area contributed by atoms with Gasteiger partial charge in [-0.1, -0.05) is 25.1 Å². The van der Waals surface area contributed by atoms with Crippen LogP contribution in [0.5, 0.6) is 0 Å². The Morgan fingerprint density at radius 1 is 1.29 bits per heavy atom. The molecule has 0 aliphatic heterocycles. The lowest BCUT2D eigenvalue weighted by Crippen LogP contribution is -2.19. The quantitative estimate of drug-likeness (QED) is 0.482. The Morgan fingerprint density at radius 3 is 2.50 bits per heavy atom. The molecule has 3 N–H and O–H groups in total. The SMILES string of the molecule is CCC(Cl)CCCc1cccc(C(=O)CCC(=O)O)c1S(N)(=O)=O. The van der Waals surface area contributed by atoms with E-state index in [-0.39, 0.29) is 28.7 Å². The second-order valence-electron chi connectivity index (χ2n) is 5.55. The van der Waals surface area contributed by atoms with Crippen LogP contribution in [0.4, 0.5) is 0 Å². The van der Waals surface area contributed by atoms with Gasteiger partial charge in [-0.3, -0.25) is 9.59 Å². The highest BCUT2D eigenvalue weighted by Crippen LogP contribution is 2.24. The van der Waals surface area contributed by atoms with Gasteiger partial charge in [-0.25, -0.2) is 13.6 Å². The Balaban J connectivity index is 3.10. The van der Waals surface area contributed by atoms with Gasteiger partial charge in [-0.05, 0) is 31.2 Å².